The molecule has 1 aromatic carbocycles. The quantitative estimate of drug-likeness (QED) is 0.591. The smallest absolute Gasteiger partial charge is 0.318 e. The summed E-state index contributed by atoms with van der Waals surface area (Å²) >= 11 is 0. The molecular weight excluding hydrogens is 436 g/mol. The number of nitrogens with zero attached hydrogens (tertiary/aromatic N) is 6. The maximum Gasteiger partial charge on any atom is 0.318 e. The fraction of sp³-hybridized carbons (Fsp3) is 0.286. The van der Waals surface area contributed by atoms with Gasteiger partial charge in [-0.3, -0.25) is 0 Å². The highest BCUT2D eigenvalue weighted by atomic mass is 19.1. The summed E-state index contributed by atoms with van der Waals surface area (Å²) in [5.74, 6) is -1.31. The lowest BCUT2D eigenvalue weighted by Crippen LogP contribution is -2.39. The van der Waals surface area contributed by atoms with E-state index in [1.165, 1.54) is 31.6 Å². The number of halogens is 2. The summed E-state index contributed by atoms with van der Waals surface area (Å²) in [5, 5.41) is 9.15. The highest BCUT2D eigenvalue weighted by Crippen LogP contribution is 2.31. The number of nitrogen functional groups attached to an aromatic ring is 1. The van der Waals surface area contributed by atoms with Crippen LogP contribution in [-0.2, 0) is 0 Å². The van der Waals surface area contributed by atoms with Gasteiger partial charge >= 0.3 is 6.01 Å². The number of piperidine rings is 1. The van der Waals surface area contributed by atoms with E-state index in [9.17, 15) is 4.39 Å². The summed E-state index contributed by atoms with van der Waals surface area (Å²) < 4.78 is 44.7. The Labute approximate surface area is 187 Å². The lowest BCUT2D eigenvalue weighted by atomic mass is 10.1. The molecule has 0 atom stereocenters. The van der Waals surface area contributed by atoms with E-state index in [-0.39, 0.29) is 35.4 Å². The molecule has 1 saturated heterocycles. The third kappa shape index (κ3) is 4.98. The van der Waals surface area contributed by atoms with E-state index in [2.05, 4.69) is 19.9 Å². The van der Waals surface area contributed by atoms with Crippen LogP contribution in [-0.4, -0.2) is 46.2 Å². The van der Waals surface area contributed by atoms with E-state index in [4.69, 9.17) is 25.2 Å². The lowest BCUT2D eigenvalue weighted by molar-refractivity contribution is 0.156. The van der Waals surface area contributed by atoms with Crippen LogP contribution in [0.3, 0.4) is 0 Å². The Morgan fingerprint density at radius 1 is 1.12 bits per heavy atom. The Balaban J connectivity index is 1.44. The molecular formula is C21H19F2N7O3. The minimum absolute atomic E-state index is 0.00807. The van der Waals surface area contributed by atoms with Crippen molar-refractivity contribution in [3.8, 4) is 29.5 Å². The third-order valence-electron chi connectivity index (χ3n) is 4.96. The highest BCUT2D eigenvalue weighted by molar-refractivity contribution is 5.47. The van der Waals surface area contributed by atoms with Crippen molar-refractivity contribution in [2.45, 2.75) is 18.9 Å². The van der Waals surface area contributed by atoms with Gasteiger partial charge in [-0.1, -0.05) is 0 Å². The average Bonchev–Trinajstić information content (AvgIpc) is 2.83. The molecule has 10 nitrogen and oxygen atoms in total. The Kier molecular flexibility index (Phi) is 6.30. The van der Waals surface area contributed by atoms with Crippen molar-refractivity contribution < 1.29 is 23.0 Å². The van der Waals surface area contributed by atoms with E-state index in [1.807, 2.05) is 6.07 Å². The van der Waals surface area contributed by atoms with Gasteiger partial charge in [-0.2, -0.15) is 19.6 Å². The van der Waals surface area contributed by atoms with Gasteiger partial charge in [0.2, 0.25) is 5.82 Å². The number of ether oxygens (including phenoxy) is 3. The average molecular weight is 455 g/mol. The largest absolute Gasteiger partial charge is 0.497 e. The molecule has 0 radical (unpaired) electrons. The van der Waals surface area contributed by atoms with Crippen LogP contribution in [0.2, 0.25) is 0 Å². The molecule has 0 unspecified atom stereocenters. The van der Waals surface area contributed by atoms with Gasteiger partial charge in [0.05, 0.1) is 24.9 Å². The minimum Gasteiger partial charge on any atom is -0.497 e. The molecule has 1 aliphatic rings. The number of benzene rings is 1. The Bertz CT molecular complexity index is 1200. The Morgan fingerprint density at radius 3 is 2.58 bits per heavy atom. The molecule has 33 heavy (non-hydrogen) atoms. The molecule has 12 heteroatoms. The molecule has 0 spiro atoms. The second-order valence-electron chi connectivity index (χ2n) is 7.12. The van der Waals surface area contributed by atoms with Crippen LogP contribution < -0.4 is 24.8 Å². The zero-order valence-corrected chi connectivity index (χ0v) is 17.5. The number of nitriles is 1. The van der Waals surface area contributed by atoms with Crippen LogP contribution >= 0.6 is 0 Å². The van der Waals surface area contributed by atoms with Crippen LogP contribution in [0.4, 0.5) is 20.4 Å². The number of aromatic nitrogens is 4. The van der Waals surface area contributed by atoms with E-state index in [0.29, 0.717) is 37.2 Å². The lowest BCUT2D eigenvalue weighted by Gasteiger charge is -2.32. The third-order valence-corrected chi connectivity index (χ3v) is 4.96. The van der Waals surface area contributed by atoms with Gasteiger partial charge < -0.3 is 24.8 Å². The zero-order chi connectivity index (χ0) is 23.4. The van der Waals surface area contributed by atoms with E-state index in [1.54, 1.807) is 4.90 Å². The Hall–Kier alpha value is -4.27. The first-order chi connectivity index (χ1) is 16.0. The maximum absolute atomic E-state index is 15.1. The topological polar surface area (TPSA) is 132 Å². The fourth-order valence-corrected chi connectivity index (χ4v) is 3.32. The van der Waals surface area contributed by atoms with Crippen molar-refractivity contribution in [2.24, 2.45) is 0 Å². The molecule has 3 heterocycles. The van der Waals surface area contributed by atoms with Crippen molar-refractivity contribution >= 4 is 11.6 Å². The number of anilines is 2. The molecule has 4 rings (SSSR count). The summed E-state index contributed by atoms with van der Waals surface area (Å²) in [6.07, 6.45) is 2.97. The van der Waals surface area contributed by atoms with E-state index >= 15 is 4.39 Å². The molecule has 2 N–H and O–H groups in total. The summed E-state index contributed by atoms with van der Waals surface area (Å²) in [6, 6.07) is 6.50. The van der Waals surface area contributed by atoms with Gasteiger partial charge in [-0.15, -0.1) is 0 Å². The minimum atomic E-state index is -0.729. The first-order valence-electron chi connectivity index (χ1n) is 9.94. The number of hydrogen-bond acceptors (Lipinski definition) is 10. The highest BCUT2D eigenvalue weighted by Gasteiger charge is 2.26. The molecule has 2 aromatic heterocycles. The predicted molar refractivity (Wildman–Crippen MR) is 112 cm³/mol. The summed E-state index contributed by atoms with van der Waals surface area (Å²) in [6.45, 7) is 0.874. The molecule has 0 amide bonds. The van der Waals surface area contributed by atoms with Gasteiger partial charge in [0.25, 0.3) is 5.88 Å². The van der Waals surface area contributed by atoms with Crippen molar-refractivity contribution in [3.05, 3.63) is 47.9 Å². The van der Waals surface area contributed by atoms with Gasteiger partial charge in [-0.25, -0.2) is 14.4 Å². The molecule has 0 aliphatic carbocycles. The van der Waals surface area contributed by atoms with Gasteiger partial charge in [-0.05, 0) is 12.1 Å². The van der Waals surface area contributed by atoms with Crippen LogP contribution in [0.1, 0.15) is 18.4 Å². The van der Waals surface area contributed by atoms with Crippen LogP contribution in [0.15, 0.2) is 30.7 Å². The second kappa shape index (κ2) is 9.47. The normalized spacial score (nSPS) is 13.9. The molecule has 0 saturated carbocycles. The number of rotatable bonds is 6. The number of nitrogens with two attached hydrogens (primary N) is 1. The first kappa shape index (κ1) is 21.9. The maximum atomic E-state index is 15.1. The van der Waals surface area contributed by atoms with Crippen LogP contribution in [0.25, 0.3) is 0 Å². The summed E-state index contributed by atoms with van der Waals surface area (Å²) in [5.41, 5.74) is 5.74. The second-order valence-corrected chi connectivity index (χ2v) is 7.12. The standard InChI is InChI=1S/C21H19F2N7O3/c1-31-14-6-12(9-24)7-15(8-14)32-20-17(23)19(27-11-28-20)30-4-2-13(3-5-30)33-21-26-10-16(22)18(25)29-21/h6-8,10-11,13H,2-5H2,1H3,(H2,25,26,29). The van der Waals surface area contributed by atoms with Crippen molar-refractivity contribution in [2.75, 3.05) is 30.8 Å². The van der Waals surface area contributed by atoms with Gasteiger partial charge in [0.1, 0.15) is 23.9 Å². The van der Waals surface area contributed by atoms with Crippen molar-refractivity contribution in [1.29, 1.82) is 5.26 Å². The van der Waals surface area contributed by atoms with E-state index in [0.717, 1.165) is 6.20 Å². The molecule has 170 valence electrons. The summed E-state index contributed by atoms with van der Waals surface area (Å²) in [4.78, 5) is 17.2. The Morgan fingerprint density at radius 2 is 1.88 bits per heavy atom. The summed E-state index contributed by atoms with van der Waals surface area (Å²) in [7, 11) is 1.45. The number of methoxy groups -OCH3 is 1. The van der Waals surface area contributed by atoms with Crippen molar-refractivity contribution in [1.82, 2.24) is 19.9 Å². The molecule has 0 bridgehead atoms. The van der Waals surface area contributed by atoms with Crippen LogP contribution in [0.5, 0.6) is 23.4 Å². The fourth-order valence-electron chi connectivity index (χ4n) is 3.32. The molecule has 1 fully saturated rings. The first-order valence-corrected chi connectivity index (χ1v) is 9.94. The van der Waals surface area contributed by atoms with Gasteiger partial charge in [0.15, 0.2) is 17.5 Å². The monoisotopic (exact) mass is 455 g/mol. The molecule has 3 aromatic rings. The van der Waals surface area contributed by atoms with Crippen LogP contribution in [0, 0.1) is 23.0 Å². The van der Waals surface area contributed by atoms with Crippen molar-refractivity contribution in [3.63, 3.8) is 0 Å². The number of hydrogen-bond donors (Lipinski definition) is 1. The SMILES string of the molecule is COc1cc(C#N)cc(Oc2ncnc(N3CCC(Oc4ncc(F)c(N)n4)CC3)c2F)c1. The predicted octanol–water partition coefficient (Wildman–Crippen LogP) is 2.85. The molecule has 1 aliphatic heterocycles. The van der Waals surface area contributed by atoms with Gasteiger partial charge in [0, 0.05) is 32.0 Å². The van der Waals surface area contributed by atoms with E-state index < -0.39 is 11.6 Å². The zero-order valence-electron chi connectivity index (χ0n) is 17.5.